The van der Waals surface area contributed by atoms with Crippen molar-refractivity contribution in [3.05, 3.63) is 28.2 Å². The summed E-state index contributed by atoms with van der Waals surface area (Å²) in [6, 6.07) is 6.06. The van der Waals surface area contributed by atoms with Gasteiger partial charge in [-0.25, -0.2) is 0 Å². The number of carbonyl (C=O) groups excluding carboxylic acids is 1. The summed E-state index contributed by atoms with van der Waals surface area (Å²) in [5, 5.41) is 6.11. The van der Waals surface area contributed by atoms with Crippen molar-refractivity contribution in [3.63, 3.8) is 0 Å². The average molecular weight is 341 g/mol. The number of ether oxygens (including phenoxy) is 1. The quantitative estimate of drug-likeness (QED) is 0.885. The number of benzene rings is 1. The molecule has 0 radical (unpaired) electrons. The number of amides is 1. The van der Waals surface area contributed by atoms with E-state index in [1.54, 1.807) is 0 Å². The van der Waals surface area contributed by atoms with Gasteiger partial charge in [-0.05, 0) is 51.4 Å². The van der Waals surface area contributed by atoms with Gasteiger partial charge in [-0.15, -0.1) is 0 Å². The Balaban J connectivity index is 2.21. The molecule has 0 bridgehead atoms. The molecule has 0 spiro atoms. The van der Waals surface area contributed by atoms with Crippen LogP contribution in [0, 0.1) is 0 Å². The van der Waals surface area contributed by atoms with E-state index >= 15 is 0 Å². The zero-order valence-electron chi connectivity index (χ0n) is 11.9. The van der Waals surface area contributed by atoms with E-state index in [9.17, 15) is 4.79 Å². The number of nitrogens with one attached hydrogen (secondary N) is 2. The Morgan fingerprint density at radius 2 is 2.25 bits per heavy atom. The predicted molar refractivity (Wildman–Crippen MR) is 82.9 cm³/mol. The van der Waals surface area contributed by atoms with Crippen LogP contribution in [0.4, 0.5) is 0 Å². The fraction of sp³-hybridized carbons (Fsp3) is 0.533. The molecule has 1 aromatic carbocycles. The number of carbonyl (C=O) groups is 1. The van der Waals surface area contributed by atoms with Crippen molar-refractivity contribution in [2.24, 2.45) is 0 Å². The van der Waals surface area contributed by atoms with Crippen LogP contribution in [0.25, 0.3) is 0 Å². The Hall–Kier alpha value is -1.07. The fourth-order valence-corrected chi connectivity index (χ4v) is 2.68. The molecule has 1 aliphatic heterocycles. The van der Waals surface area contributed by atoms with E-state index in [1.807, 2.05) is 25.2 Å². The highest BCUT2D eigenvalue weighted by Gasteiger charge is 2.24. The van der Waals surface area contributed by atoms with E-state index in [4.69, 9.17) is 4.74 Å². The molecule has 110 valence electrons. The number of hydrogen-bond donors (Lipinski definition) is 2. The largest absolute Gasteiger partial charge is 0.480 e. The molecule has 1 aliphatic rings. The second-order valence-electron chi connectivity index (χ2n) is 5.09. The topological polar surface area (TPSA) is 50.4 Å². The molecule has 1 heterocycles. The SMILES string of the molecule is CNC(C)c1cc(Br)ccc1OC1CCCCNC1=O. The average Bonchev–Trinajstić information content (AvgIpc) is 2.65. The molecule has 1 fully saturated rings. The second kappa shape index (κ2) is 7.09. The van der Waals surface area contributed by atoms with Crippen molar-refractivity contribution in [3.8, 4) is 5.75 Å². The monoisotopic (exact) mass is 340 g/mol. The van der Waals surface area contributed by atoms with Crippen molar-refractivity contribution >= 4 is 21.8 Å². The van der Waals surface area contributed by atoms with Gasteiger partial charge in [0.1, 0.15) is 5.75 Å². The maximum Gasteiger partial charge on any atom is 0.261 e. The maximum atomic E-state index is 12.0. The normalized spacial score (nSPS) is 20.9. The number of halogens is 1. The third kappa shape index (κ3) is 3.73. The Kier molecular flexibility index (Phi) is 5.43. The minimum Gasteiger partial charge on any atom is -0.480 e. The smallest absolute Gasteiger partial charge is 0.261 e. The van der Waals surface area contributed by atoms with Crippen molar-refractivity contribution < 1.29 is 9.53 Å². The zero-order chi connectivity index (χ0) is 14.5. The van der Waals surface area contributed by atoms with Crippen molar-refractivity contribution in [1.29, 1.82) is 0 Å². The van der Waals surface area contributed by atoms with Gasteiger partial charge < -0.3 is 15.4 Å². The molecule has 0 aliphatic carbocycles. The molecule has 0 aromatic heterocycles. The first-order valence-corrected chi connectivity index (χ1v) is 7.82. The third-order valence-electron chi connectivity index (χ3n) is 3.63. The highest BCUT2D eigenvalue weighted by atomic mass is 79.9. The molecule has 1 saturated heterocycles. The predicted octanol–water partition coefficient (Wildman–Crippen LogP) is 2.78. The summed E-state index contributed by atoms with van der Waals surface area (Å²) in [4.78, 5) is 12.0. The van der Waals surface area contributed by atoms with Gasteiger partial charge in [0.05, 0.1) is 0 Å². The van der Waals surface area contributed by atoms with Gasteiger partial charge in [0.25, 0.3) is 5.91 Å². The van der Waals surface area contributed by atoms with Gasteiger partial charge in [-0.1, -0.05) is 15.9 Å². The molecule has 1 amide bonds. The summed E-state index contributed by atoms with van der Waals surface area (Å²) in [6.07, 6.45) is 2.42. The van der Waals surface area contributed by atoms with Gasteiger partial charge in [0, 0.05) is 22.6 Å². The number of rotatable bonds is 4. The van der Waals surface area contributed by atoms with E-state index in [0.29, 0.717) is 0 Å². The standard InChI is InChI=1S/C15H21BrN2O2/c1-10(17-2)12-9-11(16)6-7-13(12)20-14-5-3-4-8-18-15(14)19/h6-7,9-10,14,17H,3-5,8H2,1-2H3,(H,18,19). The van der Waals surface area contributed by atoms with E-state index in [1.165, 1.54) is 0 Å². The summed E-state index contributed by atoms with van der Waals surface area (Å²) in [5.41, 5.74) is 1.05. The van der Waals surface area contributed by atoms with Crippen LogP contribution < -0.4 is 15.4 Å². The summed E-state index contributed by atoms with van der Waals surface area (Å²) in [5.74, 6) is 0.769. The molecular weight excluding hydrogens is 320 g/mol. The third-order valence-corrected chi connectivity index (χ3v) is 4.12. The Morgan fingerprint density at radius 3 is 3.00 bits per heavy atom. The molecule has 1 aromatic rings. The molecule has 2 unspecified atom stereocenters. The Bertz CT molecular complexity index is 479. The van der Waals surface area contributed by atoms with Gasteiger partial charge in [0.2, 0.25) is 0 Å². The fourth-order valence-electron chi connectivity index (χ4n) is 2.30. The Labute approximate surface area is 128 Å². The zero-order valence-corrected chi connectivity index (χ0v) is 13.5. The molecule has 2 N–H and O–H groups in total. The van der Waals surface area contributed by atoms with E-state index in [-0.39, 0.29) is 18.1 Å². The summed E-state index contributed by atoms with van der Waals surface area (Å²) in [7, 11) is 1.91. The van der Waals surface area contributed by atoms with Crippen LogP contribution >= 0.6 is 15.9 Å². The van der Waals surface area contributed by atoms with Crippen LogP contribution in [0.3, 0.4) is 0 Å². The van der Waals surface area contributed by atoms with Gasteiger partial charge in [0.15, 0.2) is 6.10 Å². The van der Waals surface area contributed by atoms with Crippen LogP contribution in [0.5, 0.6) is 5.75 Å². The van der Waals surface area contributed by atoms with Crippen LogP contribution in [-0.2, 0) is 4.79 Å². The first kappa shape index (κ1) is 15.3. The van der Waals surface area contributed by atoms with Crippen molar-refractivity contribution in [2.75, 3.05) is 13.6 Å². The minimum atomic E-state index is -0.388. The minimum absolute atomic E-state index is 0.00604. The van der Waals surface area contributed by atoms with Crippen molar-refractivity contribution in [2.45, 2.75) is 38.3 Å². The lowest BCUT2D eigenvalue weighted by Gasteiger charge is -2.21. The highest BCUT2D eigenvalue weighted by Crippen LogP contribution is 2.30. The van der Waals surface area contributed by atoms with Crippen LogP contribution in [0.1, 0.15) is 37.8 Å². The lowest BCUT2D eigenvalue weighted by molar-refractivity contribution is -0.127. The molecule has 5 heteroatoms. The van der Waals surface area contributed by atoms with E-state index in [0.717, 1.165) is 41.6 Å². The molecule has 4 nitrogen and oxygen atoms in total. The molecule has 20 heavy (non-hydrogen) atoms. The lowest BCUT2D eigenvalue weighted by atomic mass is 10.1. The maximum absolute atomic E-state index is 12.0. The van der Waals surface area contributed by atoms with Gasteiger partial charge >= 0.3 is 0 Å². The van der Waals surface area contributed by atoms with Crippen LogP contribution in [-0.4, -0.2) is 25.6 Å². The molecule has 2 rings (SSSR count). The number of hydrogen-bond acceptors (Lipinski definition) is 3. The summed E-state index contributed by atoms with van der Waals surface area (Å²) < 4.78 is 6.99. The first-order valence-electron chi connectivity index (χ1n) is 7.03. The Morgan fingerprint density at radius 1 is 1.45 bits per heavy atom. The molecule has 0 saturated carbocycles. The molecular formula is C15H21BrN2O2. The van der Waals surface area contributed by atoms with Crippen molar-refractivity contribution in [1.82, 2.24) is 10.6 Å². The second-order valence-corrected chi connectivity index (χ2v) is 6.00. The summed E-state index contributed by atoms with van der Waals surface area (Å²) >= 11 is 3.48. The van der Waals surface area contributed by atoms with Gasteiger partial charge in [-0.3, -0.25) is 4.79 Å². The highest BCUT2D eigenvalue weighted by molar-refractivity contribution is 9.10. The van der Waals surface area contributed by atoms with Crippen LogP contribution in [0.15, 0.2) is 22.7 Å². The lowest BCUT2D eigenvalue weighted by Crippen LogP contribution is -2.36. The van der Waals surface area contributed by atoms with E-state index in [2.05, 4.69) is 33.5 Å². The van der Waals surface area contributed by atoms with Gasteiger partial charge in [-0.2, -0.15) is 0 Å². The van der Waals surface area contributed by atoms with Crippen LogP contribution in [0.2, 0.25) is 0 Å². The first-order chi connectivity index (χ1) is 9.61. The molecule has 2 atom stereocenters. The van der Waals surface area contributed by atoms with E-state index < -0.39 is 0 Å². The summed E-state index contributed by atoms with van der Waals surface area (Å²) in [6.45, 7) is 2.82.